The molecule has 0 N–H and O–H groups in total. The van der Waals surface area contributed by atoms with Gasteiger partial charge in [0.25, 0.3) is 0 Å². The Balaban J connectivity index is 2.66. The van der Waals surface area contributed by atoms with E-state index in [2.05, 4.69) is 29.3 Å². The summed E-state index contributed by atoms with van der Waals surface area (Å²) >= 11 is 2.55. The van der Waals surface area contributed by atoms with Gasteiger partial charge in [0.1, 0.15) is 0 Å². The maximum Gasteiger partial charge on any atom is 0.161 e. The third kappa shape index (κ3) is 4.27. The average Bonchev–Trinajstić information content (AvgIpc) is 1.61. The Kier molecular flexibility index (Phi) is 5.51. The fourth-order valence-electron chi connectivity index (χ4n) is 0.263. The summed E-state index contributed by atoms with van der Waals surface area (Å²) in [5.41, 5.74) is 0. The molecule has 0 fully saturated rings. The van der Waals surface area contributed by atoms with E-state index in [0.717, 1.165) is 0 Å². The first-order valence-electron chi connectivity index (χ1n) is 2.28. The van der Waals surface area contributed by atoms with E-state index in [-0.39, 0.29) is 0 Å². The minimum Gasteiger partial charge on any atom is -0.176 e. The van der Waals surface area contributed by atoms with Gasteiger partial charge in [0.15, 0.2) is 16.3 Å². The van der Waals surface area contributed by atoms with Gasteiger partial charge in [0, 0.05) is 0 Å². The normalized spacial score (nSPS) is 10.2. The van der Waals surface area contributed by atoms with Gasteiger partial charge in [-0.2, -0.15) is 4.94 Å². The van der Waals surface area contributed by atoms with Crippen molar-refractivity contribution in [2.45, 2.75) is 19.8 Å². The molecule has 6 heavy (non-hydrogen) atoms. The first-order valence-corrected chi connectivity index (χ1v) is 2.95. The van der Waals surface area contributed by atoms with Gasteiger partial charge in [-0.1, -0.05) is 13.3 Å². The van der Waals surface area contributed by atoms with Gasteiger partial charge >= 0.3 is 0 Å². The summed E-state index contributed by atoms with van der Waals surface area (Å²) < 4.78 is 0. The second-order valence-corrected chi connectivity index (χ2v) is 1.60. The van der Waals surface area contributed by atoms with E-state index in [4.69, 9.17) is 0 Å². The Hall–Kier alpha value is 0.272. The third-order valence-corrected chi connectivity index (χ3v) is 0.864. The van der Waals surface area contributed by atoms with E-state index < -0.39 is 0 Å². The molecule has 0 aromatic carbocycles. The molecule has 0 heterocycles. The maximum absolute atomic E-state index is 2.55. The van der Waals surface area contributed by atoms with E-state index in [1.807, 2.05) is 4.94 Å². The summed E-state index contributed by atoms with van der Waals surface area (Å²) in [6.45, 7) is 2.17. The van der Waals surface area contributed by atoms with Crippen molar-refractivity contribution in [2.75, 3.05) is 0 Å². The standard InChI is InChI=1S/C5H9.Al/c1-3-5-4-2;/h1,3H,4-5H2,2H3;. The second kappa shape index (κ2) is 5.27. The van der Waals surface area contributed by atoms with Crippen molar-refractivity contribution in [2.24, 2.45) is 0 Å². The molecular formula is C5H9Al. The summed E-state index contributed by atoms with van der Waals surface area (Å²) in [5.74, 6) is 0. The van der Waals surface area contributed by atoms with Crippen LogP contribution < -0.4 is 0 Å². The molecule has 0 saturated heterocycles. The molecule has 1 heteroatoms. The van der Waals surface area contributed by atoms with Crippen LogP contribution in [0.15, 0.2) is 11.0 Å². The highest BCUT2D eigenvalue weighted by Gasteiger charge is 1.64. The summed E-state index contributed by atoms with van der Waals surface area (Å²) in [7, 11) is 0. The predicted octanol–water partition coefficient (Wildman–Crippen LogP) is 1.47. The van der Waals surface area contributed by atoms with Crippen LogP contribution in [0.3, 0.4) is 0 Å². The van der Waals surface area contributed by atoms with Gasteiger partial charge in [0.05, 0.1) is 0 Å². The Morgan fingerprint density at radius 2 is 2.33 bits per heavy atom. The van der Waals surface area contributed by atoms with Crippen molar-refractivity contribution in [1.29, 1.82) is 0 Å². The summed E-state index contributed by atoms with van der Waals surface area (Å²) in [5, 5.41) is 0. The van der Waals surface area contributed by atoms with Gasteiger partial charge < -0.3 is 0 Å². The molecule has 0 amide bonds. The lowest BCUT2D eigenvalue weighted by Crippen LogP contribution is -1.58. The lowest BCUT2D eigenvalue weighted by atomic mass is 10.3. The number of rotatable bonds is 2. The van der Waals surface area contributed by atoms with Crippen LogP contribution in [0.1, 0.15) is 19.8 Å². The minimum absolute atomic E-state index is 1.21. The third-order valence-electron chi connectivity index (χ3n) is 0.591. The topological polar surface area (TPSA) is 0 Å². The Labute approximate surface area is 47.7 Å². The molecule has 32 valence electrons. The van der Waals surface area contributed by atoms with Crippen LogP contribution in [0, 0.1) is 0 Å². The van der Waals surface area contributed by atoms with Crippen LogP contribution in [0.2, 0.25) is 0 Å². The fourth-order valence-corrected chi connectivity index (χ4v) is 0.455. The molecule has 2 radical (unpaired) electrons. The smallest absolute Gasteiger partial charge is 0.161 e. The van der Waals surface area contributed by atoms with Crippen molar-refractivity contribution in [3.8, 4) is 0 Å². The molecule has 0 atom stereocenters. The maximum atomic E-state index is 2.55. The zero-order valence-electron chi connectivity index (χ0n) is 4.15. The lowest BCUT2D eigenvalue weighted by molar-refractivity contribution is 0.960. The molecule has 0 aromatic rings. The van der Waals surface area contributed by atoms with Gasteiger partial charge in [-0.3, -0.25) is 0 Å². The predicted molar refractivity (Wildman–Crippen MR) is 29.8 cm³/mol. The van der Waals surface area contributed by atoms with Crippen LogP contribution in [-0.2, 0) is 0 Å². The van der Waals surface area contributed by atoms with Crippen LogP contribution in [0.4, 0.5) is 0 Å². The van der Waals surface area contributed by atoms with Crippen molar-refractivity contribution in [3.05, 3.63) is 11.0 Å². The molecule has 0 aliphatic heterocycles. The van der Waals surface area contributed by atoms with E-state index >= 15 is 0 Å². The van der Waals surface area contributed by atoms with Crippen LogP contribution in [0.25, 0.3) is 0 Å². The van der Waals surface area contributed by atoms with Gasteiger partial charge in [0.2, 0.25) is 0 Å². The molecule has 0 bridgehead atoms. The molecular weight excluding hydrogens is 87.0 g/mol. The lowest BCUT2D eigenvalue weighted by Gasteiger charge is -1.76. The molecule has 0 aliphatic rings. The van der Waals surface area contributed by atoms with Gasteiger partial charge in [-0.15, -0.1) is 6.08 Å². The van der Waals surface area contributed by atoms with E-state index in [0.29, 0.717) is 0 Å². The van der Waals surface area contributed by atoms with Crippen LogP contribution >= 0.6 is 0 Å². The van der Waals surface area contributed by atoms with Gasteiger partial charge in [-0.05, 0) is 6.42 Å². The Morgan fingerprint density at radius 3 is 2.50 bits per heavy atom. The molecule has 0 rings (SSSR count). The quantitative estimate of drug-likeness (QED) is 0.456. The average molecular weight is 96.1 g/mol. The summed E-state index contributed by atoms with van der Waals surface area (Å²) in [4.78, 5) is 2.00. The number of hydrogen-bond donors (Lipinski definition) is 0. The highest BCUT2D eigenvalue weighted by Crippen LogP contribution is 1.84. The zero-order valence-corrected chi connectivity index (χ0v) is 5.30. The Morgan fingerprint density at radius 1 is 1.67 bits per heavy atom. The minimum atomic E-state index is 1.21. The van der Waals surface area contributed by atoms with E-state index in [1.54, 1.807) is 0 Å². The van der Waals surface area contributed by atoms with Crippen molar-refractivity contribution in [1.82, 2.24) is 0 Å². The molecule has 0 nitrogen and oxygen atoms in total. The van der Waals surface area contributed by atoms with Crippen LogP contribution in [-0.4, -0.2) is 16.3 Å². The van der Waals surface area contributed by atoms with E-state index in [9.17, 15) is 0 Å². The van der Waals surface area contributed by atoms with Crippen molar-refractivity contribution in [3.63, 3.8) is 0 Å². The monoisotopic (exact) mass is 96.1 g/mol. The summed E-state index contributed by atoms with van der Waals surface area (Å²) in [6, 6.07) is 0. The number of unbranched alkanes of at least 4 members (excludes halogenated alkanes) is 1. The summed E-state index contributed by atoms with van der Waals surface area (Å²) in [6.07, 6.45) is 4.61. The second-order valence-electron chi connectivity index (χ2n) is 1.22. The van der Waals surface area contributed by atoms with Crippen LogP contribution in [0.5, 0.6) is 0 Å². The Bertz CT molecular complexity index is 39.2. The largest absolute Gasteiger partial charge is 0.176 e. The molecule has 0 spiro atoms. The zero-order chi connectivity index (χ0) is 4.83. The highest BCUT2D eigenvalue weighted by molar-refractivity contribution is 6.16. The first kappa shape index (κ1) is 6.27. The van der Waals surface area contributed by atoms with E-state index in [1.165, 1.54) is 12.8 Å². The van der Waals surface area contributed by atoms with Crippen molar-refractivity contribution < 1.29 is 0 Å². The fraction of sp³-hybridized carbons (Fsp3) is 0.600. The number of allylic oxidation sites excluding steroid dienone is 1. The molecule has 0 unspecified atom stereocenters. The molecule has 0 saturated carbocycles. The molecule has 0 aliphatic carbocycles. The molecule has 0 aromatic heterocycles. The van der Waals surface area contributed by atoms with Gasteiger partial charge in [-0.25, -0.2) is 0 Å². The number of hydrogen-bond acceptors (Lipinski definition) is 0. The van der Waals surface area contributed by atoms with Crippen molar-refractivity contribution >= 4 is 16.3 Å². The first-order chi connectivity index (χ1) is 2.91. The highest BCUT2D eigenvalue weighted by atomic mass is 27.0. The SMILES string of the molecule is CCCC=[CH][Al].